The second-order valence-corrected chi connectivity index (χ2v) is 5.46. The van der Waals surface area contributed by atoms with Crippen LogP contribution in [0.1, 0.15) is 13.3 Å². The molecule has 5 nitrogen and oxygen atoms in total. The van der Waals surface area contributed by atoms with Crippen LogP contribution < -0.4 is 10.6 Å². The van der Waals surface area contributed by atoms with Gasteiger partial charge in [-0.25, -0.2) is 9.97 Å². The molecule has 2 atom stereocenters. The average Bonchev–Trinajstić information content (AvgIpc) is 2.47. The number of nitrogens with two attached hydrogens (primary N) is 1. The molecule has 3 rings (SSSR count). The second kappa shape index (κ2) is 5.25. The largest absolute Gasteiger partial charge is 0.399 e. The molecular formula is C15H20N4O. The lowest BCUT2D eigenvalue weighted by molar-refractivity contribution is 0.0497. The lowest BCUT2D eigenvalue weighted by Crippen LogP contribution is -2.44. The van der Waals surface area contributed by atoms with Crippen molar-refractivity contribution in [3.05, 3.63) is 24.5 Å². The van der Waals surface area contributed by atoms with Crippen LogP contribution in [0.4, 0.5) is 11.5 Å². The maximum atomic E-state index is 5.82. The number of fused-ring (bicyclic) bond motifs is 1. The van der Waals surface area contributed by atoms with Crippen LogP contribution in [-0.4, -0.2) is 36.3 Å². The van der Waals surface area contributed by atoms with E-state index in [-0.39, 0.29) is 6.10 Å². The number of aromatic nitrogens is 2. The van der Waals surface area contributed by atoms with Crippen LogP contribution in [0.2, 0.25) is 0 Å². The molecule has 0 amide bonds. The van der Waals surface area contributed by atoms with Gasteiger partial charge in [0.05, 0.1) is 11.6 Å². The third-order valence-corrected chi connectivity index (χ3v) is 4.13. The van der Waals surface area contributed by atoms with Gasteiger partial charge in [0.15, 0.2) is 0 Å². The van der Waals surface area contributed by atoms with Gasteiger partial charge in [0.25, 0.3) is 0 Å². The molecule has 5 heteroatoms. The van der Waals surface area contributed by atoms with Gasteiger partial charge in [-0.3, -0.25) is 0 Å². The van der Waals surface area contributed by atoms with Gasteiger partial charge in [0.2, 0.25) is 0 Å². The summed E-state index contributed by atoms with van der Waals surface area (Å²) in [7, 11) is 1.78. The summed E-state index contributed by atoms with van der Waals surface area (Å²) < 4.78 is 5.58. The number of nitrogen functional groups attached to an aromatic ring is 1. The van der Waals surface area contributed by atoms with E-state index < -0.39 is 0 Å². The predicted octanol–water partition coefficient (Wildman–Crippen LogP) is 2.07. The molecule has 1 aliphatic heterocycles. The highest BCUT2D eigenvalue weighted by Crippen LogP contribution is 2.29. The number of hydrogen-bond acceptors (Lipinski definition) is 5. The van der Waals surface area contributed by atoms with Crippen LogP contribution >= 0.6 is 0 Å². The van der Waals surface area contributed by atoms with Gasteiger partial charge in [-0.05, 0) is 30.5 Å². The molecule has 1 fully saturated rings. The number of methoxy groups -OCH3 is 1. The molecule has 1 aromatic heterocycles. The van der Waals surface area contributed by atoms with Crippen LogP contribution in [0.25, 0.3) is 10.9 Å². The summed E-state index contributed by atoms with van der Waals surface area (Å²) in [4.78, 5) is 11.1. The Kier molecular flexibility index (Phi) is 3.44. The second-order valence-electron chi connectivity index (χ2n) is 5.46. The van der Waals surface area contributed by atoms with E-state index in [1.165, 1.54) is 0 Å². The van der Waals surface area contributed by atoms with Crippen molar-refractivity contribution in [1.29, 1.82) is 0 Å². The average molecular weight is 272 g/mol. The van der Waals surface area contributed by atoms with E-state index in [0.29, 0.717) is 5.92 Å². The molecule has 2 N–H and O–H groups in total. The number of anilines is 2. The summed E-state index contributed by atoms with van der Waals surface area (Å²) in [6, 6.07) is 5.79. The van der Waals surface area contributed by atoms with E-state index in [1.807, 2.05) is 18.2 Å². The van der Waals surface area contributed by atoms with Crippen LogP contribution in [0, 0.1) is 5.92 Å². The number of nitrogens with zero attached hydrogens (tertiary/aromatic N) is 3. The van der Waals surface area contributed by atoms with Crippen molar-refractivity contribution < 1.29 is 4.74 Å². The monoisotopic (exact) mass is 272 g/mol. The van der Waals surface area contributed by atoms with Crippen molar-refractivity contribution in [3.8, 4) is 0 Å². The summed E-state index contributed by atoms with van der Waals surface area (Å²) in [5, 5.41) is 1.05. The van der Waals surface area contributed by atoms with Crippen molar-refractivity contribution in [2.75, 3.05) is 30.8 Å². The van der Waals surface area contributed by atoms with E-state index in [2.05, 4.69) is 21.8 Å². The zero-order chi connectivity index (χ0) is 14.1. The number of piperidine rings is 1. The molecule has 2 aromatic rings. The first-order valence-electron chi connectivity index (χ1n) is 6.97. The number of hydrogen-bond donors (Lipinski definition) is 1. The Bertz CT molecular complexity index is 616. The Morgan fingerprint density at radius 2 is 2.20 bits per heavy atom. The van der Waals surface area contributed by atoms with E-state index >= 15 is 0 Å². The highest BCUT2D eigenvalue weighted by molar-refractivity contribution is 5.91. The Morgan fingerprint density at radius 1 is 1.35 bits per heavy atom. The van der Waals surface area contributed by atoms with Crippen molar-refractivity contribution in [2.45, 2.75) is 19.4 Å². The minimum absolute atomic E-state index is 0.252. The van der Waals surface area contributed by atoms with Crippen LogP contribution in [0.5, 0.6) is 0 Å². The molecule has 0 spiro atoms. The van der Waals surface area contributed by atoms with Gasteiger partial charge in [0.1, 0.15) is 12.1 Å². The SMILES string of the molecule is COC1CN(c2ncnc3cc(N)ccc23)CCC1C. The first kappa shape index (κ1) is 13.1. The number of ether oxygens (including phenoxy) is 1. The van der Waals surface area contributed by atoms with E-state index in [9.17, 15) is 0 Å². The molecule has 2 heterocycles. The van der Waals surface area contributed by atoms with Crippen LogP contribution in [0.3, 0.4) is 0 Å². The topological polar surface area (TPSA) is 64.3 Å². The molecule has 1 aliphatic rings. The molecular weight excluding hydrogens is 252 g/mol. The van der Waals surface area contributed by atoms with Gasteiger partial charge in [-0.15, -0.1) is 0 Å². The van der Waals surface area contributed by atoms with Gasteiger partial charge >= 0.3 is 0 Å². The summed E-state index contributed by atoms with van der Waals surface area (Å²) in [5.74, 6) is 1.56. The van der Waals surface area contributed by atoms with Crippen molar-refractivity contribution in [2.24, 2.45) is 5.92 Å². The molecule has 0 radical (unpaired) electrons. The van der Waals surface area contributed by atoms with E-state index in [0.717, 1.165) is 41.9 Å². The fourth-order valence-electron chi connectivity index (χ4n) is 2.84. The fraction of sp³-hybridized carbons (Fsp3) is 0.467. The Morgan fingerprint density at radius 3 is 3.00 bits per heavy atom. The lowest BCUT2D eigenvalue weighted by Gasteiger charge is -2.37. The summed E-state index contributed by atoms with van der Waals surface area (Å²) in [6.07, 6.45) is 2.97. The molecule has 20 heavy (non-hydrogen) atoms. The van der Waals surface area contributed by atoms with Gasteiger partial charge < -0.3 is 15.4 Å². The van der Waals surface area contributed by atoms with Crippen molar-refractivity contribution in [3.63, 3.8) is 0 Å². The molecule has 1 saturated heterocycles. The molecule has 1 aromatic carbocycles. The first-order valence-corrected chi connectivity index (χ1v) is 6.97. The standard InChI is InChI=1S/C15H20N4O/c1-10-5-6-19(8-14(10)20-2)15-12-4-3-11(16)7-13(12)17-9-18-15/h3-4,7,9-10,14H,5-6,8,16H2,1-2H3. The highest BCUT2D eigenvalue weighted by atomic mass is 16.5. The maximum Gasteiger partial charge on any atom is 0.139 e. The molecule has 2 unspecified atom stereocenters. The zero-order valence-corrected chi connectivity index (χ0v) is 11.9. The summed E-state index contributed by atoms with van der Waals surface area (Å²) in [5.41, 5.74) is 7.44. The van der Waals surface area contributed by atoms with Crippen molar-refractivity contribution >= 4 is 22.4 Å². The minimum Gasteiger partial charge on any atom is -0.399 e. The van der Waals surface area contributed by atoms with Crippen LogP contribution in [0.15, 0.2) is 24.5 Å². The smallest absolute Gasteiger partial charge is 0.139 e. The number of rotatable bonds is 2. The molecule has 0 saturated carbocycles. The third-order valence-electron chi connectivity index (χ3n) is 4.13. The van der Waals surface area contributed by atoms with Crippen LogP contribution in [-0.2, 0) is 4.74 Å². The molecule has 0 aliphatic carbocycles. The quantitative estimate of drug-likeness (QED) is 0.848. The lowest BCUT2D eigenvalue weighted by atomic mass is 9.95. The van der Waals surface area contributed by atoms with E-state index in [4.69, 9.17) is 10.5 Å². The Labute approximate surface area is 118 Å². The summed E-state index contributed by atoms with van der Waals surface area (Å²) in [6.45, 7) is 4.11. The summed E-state index contributed by atoms with van der Waals surface area (Å²) >= 11 is 0. The maximum absolute atomic E-state index is 5.82. The Balaban J connectivity index is 1.98. The molecule has 0 bridgehead atoms. The van der Waals surface area contributed by atoms with Gasteiger partial charge in [-0.1, -0.05) is 6.92 Å². The van der Waals surface area contributed by atoms with Crippen molar-refractivity contribution in [1.82, 2.24) is 9.97 Å². The zero-order valence-electron chi connectivity index (χ0n) is 11.9. The first-order chi connectivity index (χ1) is 9.69. The van der Waals surface area contributed by atoms with Gasteiger partial charge in [-0.2, -0.15) is 0 Å². The van der Waals surface area contributed by atoms with Gasteiger partial charge in [0, 0.05) is 31.3 Å². The predicted molar refractivity (Wildman–Crippen MR) is 80.7 cm³/mol. The fourth-order valence-corrected chi connectivity index (χ4v) is 2.84. The normalized spacial score (nSPS) is 23.2. The highest BCUT2D eigenvalue weighted by Gasteiger charge is 2.27. The number of benzene rings is 1. The van der Waals surface area contributed by atoms with E-state index in [1.54, 1.807) is 13.4 Å². The molecule has 106 valence electrons. The third kappa shape index (κ3) is 2.29. The minimum atomic E-state index is 0.252. The Hall–Kier alpha value is -1.88.